The molecule has 3 heteroatoms. The number of ether oxygens (including phenoxy) is 1. The fourth-order valence-electron chi connectivity index (χ4n) is 2.68. The minimum Gasteiger partial charge on any atom is -0.487 e. The summed E-state index contributed by atoms with van der Waals surface area (Å²) < 4.78 is 6.03. The summed E-state index contributed by atoms with van der Waals surface area (Å²) in [5.74, 6) is 1.66. The molecule has 0 saturated carbocycles. The van der Waals surface area contributed by atoms with Crippen molar-refractivity contribution in [3.8, 4) is 5.75 Å². The van der Waals surface area contributed by atoms with Crippen LogP contribution in [0.3, 0.4) is 0 Å². The van der Waals surface area contributed by atoms with Crippen LogP contribution in [-0.2, 0) is 0 Å². The Morgan fingerprint density at radius 3 is 2.74 bits per heavy atom. The smallest absolute Gasteiger partial charge is 0.137 e. The normalized spacial score (nSPS) is 18.2. The van der Waals surface area contributed by atoms with Crippen molar-refractivity contribution in [3.05, 3.63) is 29.8 Å². The van der Waals surface area contributed by atoms with E-state index in [4.69, 9.17) is 4.74 Å². The van der Waals surface area contributed by atoms with Gasteiger partial charge >= 0.3 is 0 Å². The molecule has 1 aliphatic heterocycles. The predicted molar refractivity (Wildman–Crippen MR) is 77.9 cm³/mol. The topological polar surface area (TPSA) is 30.3 Å². The highest BCUT2D eigenvalue weighted by atomic mass is 16.5. The van der Waals surface area contributed by atoms with E-state index in [9.17, 15) is 0 Å². The van der Waals surface area contributed by atoms with E-state index in [2.05, 4.69) is 43.4 Å². The molecule has 3 nitrogen and oxygen atoms in total. The fourth-order valence-corrected chi connectivity index (χ4v) is 2.68. The Balaban J connectivity index is 1.84. The van der Waals surface area contributed by atoms with Gasteiger partial charge in [0.05, 0.1) is 0 Å². The van der Waals surface area contributed by atoms with Crippen molar-refractivity contribution in [2.24, 2.45) is 0 Å². The Hall–Kier alpha value is -1.06. The molecule has 19 heavy (non-hydrogen) atoms. The summed E-state index contributed by atoms with van der Waals surface area (Å²) in [7, 11) is 0. The molecule has 0 radical (unpaired) electrons. The van der Waals surface area contributed by atoms with Crippen LogP contribution in [0.2, 0.25) is 0 Å². The van der Waals surface area contributed by atoms with Gasteiger partial charge in [0.15, 0.2) is 0 Å². The zero-order valence-electron chi connectivity index (χ0n) is 12.3. The molecule has 0 aromatic heterocycles. The third-order valence-electron chi connectivity index (χ3n) is 4.18. The standard InChI is InChI=1S/C16H26N2O/c1-3-14(2)15-6-4-5-7-16(15)19-13-12-18-10-8-17-9-11-18/h4-7,14,17H,3,8-13H2,1-2H3/p+2/t14-/m1/s1. The molecule has 0 unspecified atom stereocenters. The van der Waals surface area contributed by atoms with E-state index in [-0.39, 0.29) is 0 Å². The molecule has 0 amide bonds. The van der Waals surface area contributed by atoms with Gasteiger partial charge in [0.25, 0.3) is 0 Å². The second kappa shape index (κ2) is 7.51. The van der Waals surface area contributed by atoms with E-state index < -0.39 is 0 Å². The minimum absolute atomic E-state index is 0.577. The predicted octanol–water partition coefficient (Wildman–Crippen LogP) is 0.0408. The summed E-state index contributed by atoms with van der Waals surface area (Å²) in [5, 5.41) is 2.41. The van der Waals surface area contributed by atoms with E-state index >= 15 is 0 Å². The molecule has 1 fully saturated rings. The van der Waals surface area contributed by atoms with E-state index in [0.29, 0.717) is 5.92 Å². The first kappa shape index (κ1) is 14.4. The number of hydrogen-bond acceptors (Lipinski definition) is 1. The fraction of sp³-hybridized carbons (Fsp3) is 0.625. The van der Waals surface area contributed by atoms with Crippen LogP contribution in [0, 0.1) is 0 Å². The average molecular weight is 264 g/mol. The molecule has 1 heterocycles. The highest BCUT2D eigenvalue weighted by Gasteiger charge is 2.15. The van der Waals surface area contributed by atoms with Crippen molar-refractivity contribution in [1.82, 2.24) is 0 Å². The lowest BCUT2D eigenvalue weighted by Crippen LogP contribution is -3.20. The maximum atomic E-state index is 6.03. The Morgan fingerprint density at radius 1 is 1.26 bits per heavy atom. The molecule has 1 saturated heterocycles. The van der Waals surface area contributed by atoms with Gasteiger partial charge in [-0.25, -0.2) is 0 Å². The maximum absolute atomic E-state index is 6.03. The second-order valence-electron chi connectivity index (χ2n) is 5.56. The van der Waals surface area contributed by atoms with Gasteiger partial charge in [0, 0.05) is 0 Å². The molecule has 1 atom stereocenters. The first-order chi connectivity index (χ1) is 9.31. The zero-order valence-corrected chi connectivity index (χ0v) is 12.3. The molecule has 1 aliphatic rings. The Labute approximate surface area is 116 Å². The zero-order chi connectivity index (χ0) is 13.5. The van der Waals surface area contributed by atoms with Crippen LogP contribution in [0.1, 0.15) is 31.7 Å². The van der Waals surface area contributed by atoms with Gasteiger partial charge in [-0.15, -0.1) is 0 Å². The first-order valence-corrected chi connectivity index (χ1v) is 7.68. The molecular weight excluding hydrogens is 236 g/mol. The van der Waals surface area contributed by atoms with Crippen molar-refractivity contribution in [1.29, 1.82) is 0 Å². The van der Waals surface area contributed by atoms with Crippen LogP contribution in [0.25, 0.3) is 0 Å². The lowest BCUT2D eigenvalue weighted by molar-refractivity contribution is -0.946. The number of para-hydroxylation sites is 1. The molecule has 1 aromatic rings. The van der Waals surface area contributed by atoms with Crippen molar-refractivity contribution >= 4 is 0 Å². The summed E-state index contributed by atoms with van der Waals surface area (Å²) in [6.45, 7) is 11.5. The van der Waals surface area contributed by atoms with Gasteiger partial charge in [-0.05, 0) is 24.0 Å². The molecule has 0 bridgehead atoms. The number of nitrogens with one attached hydrogen (secondary N) is 1. The average Bonchev–Trinajstić information content (AvgIpc) is 2.48. The number of hydrogen-bond donors (Lipinski definition) is 2. The number of quaternary nitrogens is 2. The number of benzene rings is 1. The molecular formula is C16H28N2O+2. The van der Waals surface area contributed by atoms with E-state index in [0.717, 1.165) is 25.3 Å². The van der Waals surface area contributed by atoms with Crippen molar-refractivity contribution in [2.75, 3.05) is 39.3 Å². The van der Waals surface area contributed by atoms with Crippen LogP contribution in [0.15, 0.2) is 24.3 Å². The molecule has 0 spiro atoms. The van der Waals surface area contributed by atoms with Crippen LogP contribution in [0.5, 0.6) is 5.75 Å². The number of rotatable bonds is 6. The molecule has 3 N–H and O–H groups in total. The number of nitrogens with two attached hydrogens (primary N) is 1. The van der Waals surface area contributed by atoms with Crippen molar-refractivity contribution < 1.29 is 15.0 Å². The Bertz CT molecular complexity index is 375. The largest absolute Gasteiger partial charge is 0.487 e. The number of piperazine rings is 1. The van der Waals surface area contributed by atoms with Gasteiger partial charge < -0.3 is 15.0 Å². The molecule has 2 rings (SSSR count). The van der Waals surface area contributed by atoms with Gasteiger partial charge in [-0.3, -0.25) is 0 Å². The van der Waals surface area contributed by atoms with E-state index in [1.54, 1.807) is 4.90 Å². The van der Waals surface area contributed by atoms with Crippen molar-refractivity contribution in [3.63, 3.8) is 0 Å². The van der Waals surface area contributed by atoms with Gasteiger partial charge in [0.2, 0.25) is 0 Å². The quantitative estimate of drug-likeness (QED) is 0.747. The minimum atomic E-state index is 0.577. The van der Waals surface area contributed by atoms with Gasteiger partial charge in [-0.2, -0.15) is 0 Å². The van der Waals surface area contributed by atoms with Gasteiger partial charge in [-0.1, -0.05) is 32.0 Å². The first-order valence-electron chi connectivity index (χ1n) is 7.68. The van der Waals surface area contributed by atoms with E-state index in [1.165, 1.54) is 31.7 Å². The summed E-state index contributed by atoms with van der Waals surface area (Å²) in [4.78, 5) is 1.68. The van der Waals surface area contributed by atoms with Gasteiger partial charge in [0.1, 0.15) is 45.1 Å². The van der Waals surface area contributed by atoms with Crippen LogP contribution in [-0.4, -0.2) is 39.3 Å². The SMILES string of the molecule is CC[C@@H](C)c1ccccc1OCC[NH+]1CC[NH2+]CC1. The Kier molecular flexibility index (Phi) is 5.67. The van der Waals surface area contributed by atoms with Crippen LogP contribution in [0.4, 0.5) is 0 Å². The molecule has 1 aromatic carbocycles. The molecule has 106 valence electrons. The molecule has 0 aliphatic carbocycles. The maximum Gasteiger partial charge on any atom is 0.137 e. The lowest BCUT2D eigenvalue weighted by Gasteiger charge is -2.22. The third-order valence-corrected chi connectivity index (χ3v) is 4.18. The summed E-state index contributed by atoms with van der Waals surface area (Å²) in [6, 6.07) is 8.50. The Morgan fingerprint density at radius 2 is 2.00 bits per heavy atom. The summed E-state index contributed by atoms with van der Waals surface area (Å²) in [6.07, 6.45) is 1.16. The summed E-state index contributed by atoms with van der Waals surface area (Å²) in [5.41, 5.74) is 1.35. The van der Waals surface area contributed by atoms with Crippen LogP contribution >= 0.6 is 0 Å². The second-order valence-corrected chi connectivity index (χ2v) is 5.56. The lowest BCUT2D eigenvalue weighted by atomic mass is 9.98. The van der Waals surface area contributed by atoms with Crippen molar-refractivity contribution in [2.45, 2.75) is 26.2 Å². The highest BCUT2D eigenvalue weighted by Crippen LogP contribution is 2.28. The summed E-state index contributed by atoms with van der Waals surface area (Å²) >= 11 is 0. The third kappa shape index (κ3) is 4.22. The van der Waals surface area contributed by atoms with Crippen LogP contribution < -0.4 is 15.0 Å². The highest BCUT2D eigenvalue weighted by molar-refractivity contribution is 5.35. The monoisotopic (exact) mass is 264 g/mol. The van der Waals surface area contributed by atoms with E-state index in [1.807, 2.05) is 0 Å².